The van der Waals surface area contributed by atoms with Crippen LogP contribution >= 0.6 is 0 Å². The highest BCUT2D eigenvalue weighted by Crippen LogP contribution is 2.33. The van der Waals surface area contributed by atoms with Crippen molar-refractivity contribution in [2.75, 3.05) is 6.54 Å². The van der Waals surface area contributed by atoms with Crippen molar-refractivity contribution in [3.05, 3.63) is 53.6 Å². The first kappa shape index (κ1) is 13.2. The third-order valence-corrected chi connectivity index (χ3v) is 3.64. The Morgan fingerprint density at radius 1 is 1.35 bits per heavy atom. The summed E-state index contributed by atoms with van der Waals surface area (Å²) < 4.78 is 26.4. The number of aliphatic hydroxyl groups excluding tert-OH is 1. The van der Waals surface area contributed by atoms with E-state index in [1.807, 2.05) is 4.90 Å². The van der Waals surface area contributed by atoms with E-state index in [0.717, 1.165) is 11.8 Å². The van der Waals surface area contributed by atoms with E-state index in [0.29, 0.717) is 25.1 Å². The third kappa shape index (κ3) is 2.57. The number of β-amino-alcohol motifs (C(OH)–C–C–N with tert-alkyl or cyclic N) is 1. The van der Waals surface area contributed by atoms with Gasteiger partial charge in [0.05, 0.1) is 12.4 Å². The molecule has 20 heavy (non-hydrogen) atoms. The number of nitrogens with one attached hydrogen (secondary N) is 1. The van der Waals surface area contributed by atoms with Crippen LogP contribution in [0.15, 0.2) is 30.7 Å². The van der Waals surface area contributed by atoms with Crippen molar-refractivity contribution in [3.8, 4) is 0 Å². The summed E-state index contributed by atoms with van der Waals surface area (Å²) in [6.07, 6.45) is 3.36. The van der Waals surface area contributed by atoms with Gasteiger partial charge in [0.25, 0.3) is 0 Å². The van der Waals surface area contributed by atoms with E-state index in [2.05, 4.69) is 9.97 Å². The molecule has 1 aromatic carbocycles. The van der Waals surface area contributed by atoms with E-state index in [4.69, 9.17) is 0 Å². The molecular formula is C14H15F2N3O. The molecule has 106 valence electrons. The standard InChI is InChI=1S/C14H15F2N3O/c15-12-2-1-9(3-13(12)16)14-4-11(20)7-19(14)6-10-5-17-8-18-10/h1-3,5,8,11,14,20H,4,6-7H2,(H,17,18)/t11-,14-/m1/s1. The smallest absolute Gasteiger partial charge is 0.159 e. The Kier molecular flexibility index (Phi) is 3.50. The Morgan fingerprint density at radius 2 is 2.20 bits per heavy atom. The van der Waals surface area contributed by atoms with Gasteiger partial charge in [0.2, 0.25) is 0 Å². The second kappa shape index (κ2) is 5.30. The highest BCUT2D eigenvalue weighted by molar-refractivity contribution is 5.23. The molecule has 6 heteroatoms. The zero-order chi connectivity index (χ0) is 14.1. The molecule has 3 rings (SSSR count). The topological polar surface area (TPSA) is 52.1 Å². The Morgan fingerprint density at radius 3 is 2.90 bits per heavy atom. The third-order valence-electron chi connectivity index (χ3n) is 3.64. The van der Waals surface area contributed by atoms with Crippen LogP contribution in [-0.4, -0.2) is 32.6 Å². The van der Waals surface area contributed by atoms with Crippen LogP contribution in [0.2, 0.25) is 0 Å². The van der Waals surface area contributed by atoms with Crippen molar-refractivity contribution in [3.63, 3.8) is 0 Å². The number of likely N-dealkylation sites (tertiary alicyclic amines) is 1. The highest BCUT2D eigenvalue weighted by atomic mass is 19.2. The summed E-state index contributed by atoms with van der Waals surface area (Å²) >= 11 is 0. The van der Waals surface area contributed by atoms with Crippen molar-refractivity contribution in [1.29, 1.82) is 0 Å². The van der Waals surface area contributed by atoms with Gasteiger partial charge in [-0.1, -0.05) is 6.07 Å². The molecule has 0 bridgehead atoms. The fourth-order valence-corrected chi connectivity index (χ4v) is 2.71. The number of aliphatic hydroxyl groups is 1. The predicted octanol–water partition coefficient (Wildman–Crippen LogP) is 2.00. The summed E-state index contributed by atoms with van der Waals surface area (Å²) in [5, 5.41) is 9.85. The fraction of sp³-hybridized carbons (Fsp3) is 0.357. The normalized spacial score (nSPS) is 23.4. The molecule has 0 unspecified atom stereocenters. The molecule has 2 atom stereocenters. The van der Waals surface area contributed by atoms with Gasteiger partial charge >= 0.3 is 0 Å². The van der Waals surface area contributed by atoms with E-state index >= 15 is 0 Å². The van der Waals surface area contributed by atoms with E-state index in [1.54, 1.807) is 18.6 Å². The summed E-state index contributed by atoms with van der Waals surface area (Å²) in [5.41, 5.74) is 1.60. The zero-order valence-corrected chi connectivity index (χ0v) is 10.8. The molecule has 0 radical (unpaired) electrons. The molecule has 1 saturated heterocycles. The minimum atomic E-state index is -0.856. The van der Waals surface area contributed by atoms with Crippen LogP contribution in [0.3, 0.4) is 0 Å². The summed E-state index contributed by atoms with van der Waals surface area (Å²) in [5.74, 6) is -1.71. The Balaban J connectivity index is 1.83. The molecule has 4 nitrogen and oxygen atoms in total. The molecule has 0 spiro atoms. The Hall–Kier alpha value is -1.79. The van der Waals surface area contributed by atoms with Crippen molar-refractivity contribution >= 4 is 0 Å². The van der Waals surface area contributed by atoms with E-state index in [9.17, 15) is 13.9 Å². The lowest BCUT2D eigenvalue weighted by atomic mass is 10.0. The molecule has 1 aliphatic rings. The summed E-state index contributed by atoms with van der Waals surface area (Å²) in [7, 11) is 0. The first-order valence-corrected chi connectivity index (χ1v) is 6.48. The molecule has 2 N–H and O–H groups in total. The zero-order valence-electron chi connectivity index (χ0n) is 10.8. The average Bonchev–Trinajstić information content (AvgIpc) is 3.03. The molecule has 1 aliphatic heterocycles. The van der Waals surface area contributed by atoms with Gasteiger partial charge in [-0.05, 0) is 24.1 Å². The number of halogens is 2. The maximum atomic E-state index is 13.4. The molecule has 2 aromatic rings. The molecule has 0 aliphatic carbocycles. The largest absolute Gasteiger partial charge is 0.392 e. The first-order chi connectivity index (χ1) is 9.63. The number of hydrogen-bond donors (Lipinski definition) is 2. The average molecular weight is 279 g/mol. The number of aromatic nitrogens is 2. The lowest BCUT2D eigenvalue weighted by Crippen LogP contribution is -2.24. The van der Waals surface area contributed by atoms with E-state index in [-0.39, 0.29) is 6.04 Å². The van der Waals surface area contributed by atoms with Gasteiger partial charge in [0.15, 0.2) is 11.6 Å². The monoisotopic (exact) mass is 279 g/mol. The first-order valence-electron chi connectivity index (χ1n) is 6.48. The van der Waals surface area contributed by atoms with Crippen molar-refractivity contribution in [2.45, 2.75) is 25.1 Å². The number of benzene rings is 1. The molecule has 1 aromatic heterocycles. The van der Waals surface area contributed by atoms with Crippen LogP contribution in [0.4, 0.5) is 8.78 Å². The maximum absolute atomic E-state index is 13.4. The molecule has 1 fully saturated rings. The lowest BCUT2D eigenvalue weighted by Gasteiger charge is -2.23. The van der Waals surface area contributed by atoms with Gasteiger partial charge in [-0.2, -0.15) is 0 Å². The quantitative estimate of drug-likeness (QED) is 0.903. The highest BCUT2D eigenvalue weighted by Gasteiger charge is 2.32. The summed E-state index contributed by atoms with van der Waals surface area (Å²) in [6.45, 7) is 1.09. The SMILES string of the molecule is O[C@@H]1C[C@H](c2ccc(F)c(F)c2)N(Cc2cnc[nH]2)C1. The van der Waals surface area contributed by atoms with Gasteiger partial charge in [-0.15, -0.1) is 0 Å². The van der Waals surface area contributed by atoms with Crippen LogP contribution in [-0.2, 0) is 6.54 Å². The number of rotatable bonds is 3. The van der Waals surface area contributed by atoms with Crippen molar-refractivity contribution in [1.82, 2.24) is 14.9 Å². The van der Waals surface area contributed by atoms with Gasteiger partial charge in [-0.25, -0.2) is 13.8 Å². The predicted molar refractivity (Wildman–Crippen MR) is 68.7 cm³/mol. The van der Waals surface area contributed by atoms with E-state index in [1.165, 1.54) is 6.07 Å². The summed E-state index contributed by atoms with van der Waals surface area (Å²) in [4.78, 5) is 8.99. The second-order valence-electron chi connectivity index (χ2n) is 5.09. The lowest BCUT2D eigenvalue weighted by molar-refractivity contribution is 0.172. The molecule has 0 saturated carbocycles. The number of hydrogen-bond acceptors (Lipinski definition) is 3. The van der Waals surface area contributed by atoms with Gasteiger partial charge in [0, 0.05) is 31.0 Å². The van der Waals surface area contributed by atoms with Crippen LogP contribution in [0.1, 0.15) is 23.7 Å². The van der Waals surface area contributed by atoms with Crippen molar-refractivity contribution < 1.29 is 13.9 Å². The Bertz CT molecular complexity index is 588. The molecule has 2 heterocycles. The fourth-order valence-electron chi connectivity index (χ4n) is 2.71. The molecule has 0 amide bonds. The number of H-pyrrole nitrogens is 1. The Labute approximate surface area is 115 Å². The van der Waals surface area contributed by atoms with Crippen LogP contribution in [0.25, 0.3) is 0 Å². The van der Waals surface area contributed by atoms with Gasteiger partial charge in [0.1, 0.15) is 0 Å². The maximum Gasteiger partial charge on any atom is 0.159 e. The van der Waals surface area contributed by atoms with E-state index < -0.39 is 17.7 Å². The minimum absolute atomic E-state index is 0.122. The number of nitrogens with zero attached hydrogens (tertiary/aromatic N) is 2. The van der Waals surface area contributed by atoms with Crippen molar-refractivity contribution in [2.24, 2.45) is 0 Å². The van der Waals surface area contributed by atoms with Gasteiger partial charge < -0.3 is 10.1 Å². The minimum Gasteiger partial charge on any atom is -0.392 e. The van der Waals surface area contributed by atoms with Crippen LogP contribution < -0.4 is 0 Å². The van der Waals surface area contributed by atoms with Crippen LogP contribution in [0, 0.1) is 11.6 Å². The second-order valence-corrected chi connectivity index (χ2v) is 5.09. The number of imidazole rings is 1. The summed E-state index contributed by atoms with van der Waals surface area (Å²) in [6, 6.07) is 3.78. The number of aromatic amines is 1. The molecular weight excluding hydrogens is 264 g/mol. The van der Waals surface area contributed by atoms with Crippen LogP contribution in [0.5, 0.6) is 0 Å². The van der Waals surface area contributed by atoms with Gasteiger partial charge in [-0.3, -0.25) is 4.90 Å².